The van der Waals surface area contributed by atoms with Crippen LogP contribution in [0.2, 0.25) is 0 Å². The van der Waals surface area contributed by atoms with Gasteiger partial charge in [-0.05, 0) is 12.1 Å². The van der Waals surface area contributed by atoms with Crippen LogP contribution < -0.4 is 5.73 Å². The summed E-state index contributed by atoms with van der Waals surface area (Å²) in [5, 5.41) is 10.8. The summed E-state index contributed by atoms with van der Waals surface area (Å²) < 4.78 is 25.7. The van der Waals surface area contributed by atoms with E-state index in [0.29, 0.717) is 6.07 Å². The molecule has 15 heavy (non-hydrogen) atoms. The highest BCUT2D eigenvalue weighted by atomic mass is 35.5. The van der Waals surface area contributed by atoms with Crippen LogP contribution >= 0.6 is 11.6 Å². The molecule has 0 aliphatic carbocycles. The maximum atomic E-state index is 13.1. The number of benzene rings is 1. The van der Waals surface area contributed by atoms with Gasteiger partial charge in [-0.1, -0.05) is 16.8 Å². The Bertz CT molecular complexity index is 432. The molecule has 1 aromatic carbocycles. The Balaban J connectivity index is 3.12. The number of halogens is 3. The highest BCUT2D eigenvalue weighted by Gasteiger charge is 2.07. The highest BCUT2D eigenvalue weighted by Crippen LogP contribution is 2.22. The highest BCUT2D eigenvalue weighted by molar-refractivity contribution is 6.50. The second-order valence-electron chi connectivity index (χ2n) is 2.64. The van der Waals surface area contributed by atoms with Gasteiger partial charge in [0.05, 0.1) is 5.03 Å². The molecule has 3 nitrogen and oxygen atoms in total. The summed E-state index contributed by atoms with van der Waals surface area (Å²) in [6.07, 6.45) is 1.05. The third kappa shape index (κ3) is 2.92. The van der Waals surface area contributed by atoms with Crippen LogP contribution in [0.15, 0.2) is 29.4 Å². The van der Waals surface area contributed by atoms with Gasteiger partial charge in [0.2, 0.25) is 0 Å². The molecule has 3 N–H and O–H groups in total. The van der Waals surface area contributed by atoms with Crippen molar-refractivity contribution < 1.29 is 14.0 Å². The first-order valence-corrected chi connectivity index (χ1v) is 4.22. The molecule has 1 rings (SSSR count). The molecule has 0 atom stereocenters. The van der Waals surface area contributed by atoms with Crippen LogP contribution in [0.4, 0.5) is 8.78 Å². The predicted octanol–water partition coefficient (Wildman–Crippen LogP) is 2.29. The van der Waals surface area contributed by atoms with Crippen LogP contribution in [0.25, 0.3) is 5.03 Å². The monoisotopic (exact) mass is 232 g/mol. The Kier molecular flexibility index (Phi) is 3.62. The molecule has 0 spiro atoms. The Labute approximate surface area is 89.5 Å². The van der Waals surface area contributed by atoms with Gasteiger partial charge in [-0.15, -0.1) is 0 Å². The average molecular weight is 233 g/mol. The summed E-state index contributed by atoms with van der Waals surface area (Å²) in [5.74, 6) is -1.80. The maximum Gasteiger partial charge on any atom is 0.164 e. The Morgan fingerprint density at radius 1 is 1.47 bits per heavy atom. The lowest BCUT2D eigenvalue weighted by Gasteiger charge is -2.01. The van der Waals surface area contributed by atoms with Gasteiger partial charge in [0.15, 0.2) is 5.84 Å². The smallest absolute Gasteiger partial charge is 0.164 e. The van der Waals surface area contributed by atoms with Crippen LogP contribution in [-0.4, -0.2) is 11.0 Å². The van der Waals surface area contributed by atoms with Crippen molar-refractivity contribution in [2.45, 2.75) is 0 Å². The zero-order valence-electron chi connectivity index (χ0n) is 7.42. The lowest BCUT2D eigenvalue weighted by atomic mass is 10.2. The van der Waals surface area contributed by atoms with Crippen molar-refractivity contribution >= 4 is 22.5 Å². The van der Waals surface area contributed by atoms with Gasteiger partial charge in [0.1, 0.15) is 11.6 Å². The Hall–Kier alpha value is -1.62. The molecule has 0 radical (unpaired) electrons. The minimum Gasteiger partial charge on any atom is -0.409 e. The molecule has 0 saturated heterocycles. The van der Waals surface area contributed by atoms with Crippen molar-refractivity contribution in [1.82, 2.24) is 0 Å². The number of amidine groups is 1. The standard InChI is InChI=1S/C9H7ClF2N2O/c10-7(4-9(13)14-15)6-2-1-5(11)3-8(6)12/h1-4,15H,(H2,13,14)/b7-4+. The molecule has 0 aliphatic heterocycles. The largest absolute Gasteiger partial charge is 0.409 e. The van der Waals surface area contributed by atoms with E-state index in [0.717, 1.165) is 18.2 Å². The van der Waals surface area contributed by atoms with E-state index in [4.69, 9.17) is 22.5 Å². The Morgan fingerprint density at radius 3 is 2.67 bits per heavy atom. The predicted molar refractivity (Wildman–Crippen MR) is 53.6 cm³/mol. The second-order valence-corrected chi connectivity index (χ2v) is 3.05. The fraction of sp³-hybridized carbons (Fsp3) is 0. The molecule has 0 fully saturated rings. The molecule has 0 heterocycles. The van der Waals surface area contributed by atoms with Crippen molar-refractivity contribution in [2.24, 2.45) is 10.9 Å². The molecule has 0 saturated carbocycles. The third-order valence-electron chi connectivity index (χ3n) is 1.58. The average Bonchev–Trinajstić information content (AvgIpc) is 2.17. The minimum atomic E-state index is -0.818. The zero-order valence-corrected chi connectivity index (χ0v) is 8.17. The van der Waals surface area contributed by atoms with E-state index in [2.05, 4.69) is 5.16 Å². The number of nitrogens with zero attached hydrogens (tertiary/aromatic N) is 1. The molecular weight excluding hydrogens is 226 g/mol. The molecule has 0 unspecified atom stereocenters. The maximum absolute atomic E-state index is 13.1. The van der Waals surface area contributed by atoms with Crippen LogP contribution in [0.3, 0.4) is 0 Å². The van der Waals surface area contributed by atoms with E-state index in [-0.39, 0.29) is 16.4 Å². The van der Waals surface area contributed by atoms with Crippen LogP contribution in [0.5, 0.6) is 0 Å². The quantitative estimate of drug-likeness (QED) is 0.356. The lowest BCUT2D eigenvalue weighted by molar-refractivity contribution is 0.319. The number of hydrogen-bond donors (Lipinski definition) is 2. The molecule has 0 aliphatic rings. The number of nitrogens with two attached hydrogens (primary N) is 1. The number of hydrogen-bond acceptors (Lipinski definition) is 2. The zero-order chi connectivity index (χ0) is 11.4. The summed E-state index contributed by atoms with van der Waals surface area (Å²) >= 11 is 5.66. The van der Waals surface area contributed by atoms with Crippen LogP contribution in [0.1, 0.15) is 5.56 Å². The van der Waals surface area contributed by atoms with Gasteiger partial charge < -0.3 is 10.9 Å². The van der Waals surface area contributed by atoms with Crippen molar-refractivity contribution in [3.8, 4) is 0 Å². The van der Waals surface area contributed by atoms with Crippen LogP contribution in [0, 0.1) is 11.6 Å². The van der Waals surface area contributed by atoms with E-state index in [1.54, 1.807) is 0 Å². The van der Waals surface area contributed by atoms with Gasteiger partial charge in [-0.25, -0.2) is 8.78 Å². The van der Waals surface area contributed by atoms with Crippen LogP contribution in [-0.2, 0) is 0 Å². The lowest BCUT2D eigenvalue weighted by Crippen LogP contribution is -2.07. The molecule has 0 bridgehead atoms. The van der Waals surface area contributed by atoms with Gasteiger partial charge in [0, 0.05) is 17.7 Å². The Morgan fingerprint density at radius 2 is 2.13 bits per heavy atom. The molecule has 80 valence electrons. The first-order valence-electron chi connectivity index (χ1n) is 3.84. The van der Waals surface area contributed by atoms with E-state index in [9.17, 15) is 8.78 Å². The first-order chi connectivity index (χ1) is 7.04. The summed E-state index contributed by atoms with van der Waals surface area (Å²) in [6.45, 7) is 0. The topological polar surface area (TPSA) is 58.6 Å². The fourth-order valence-electron chi connectivity index (χ4n) is 0.920. The third-order valence-corrected chi connectivity index (χ3v) is 1.89. The number of oxime groups is 1. The van der Waals surface area contributed by atoms with Gasteiger partial charge >= 0.3 is 0 Å². The number of rotatable bonds is 2. The minimum absolute atomic E-state index is 0.0235. The van der Waals surface area contributed by atoms with Crippen molar-refractivity contribution in [1.29, 1.82) is 0 Å². The van der Waals surface area contributed by atoms with Gasteiger partial charge in [0.25, 0.3) is 0 Å². The van der Waals surface area contributed by atoms with E-state index >= 15 is 0 Å². The van der Waals surface area contributed by atoms with E-state index < -0.39 is 11.6 Å². The van der Waals surface area contributed by atoms with Gasteiger partial charge in [-0.2, -0.15) is 0 Å². The van der Waals surface area contributed by atoms with E-state index in [1.807, 2.05) is 0 Å². The van der Waals surface area contributed by atoms with Crippen molar-refractivity contribution in [3.63, 3.8) is 0 Å². The van der Waals surface area contributed by atoms with Crippen molar-refractivity contribution in [2.75, 3.05) is 0 Å². The molecule has 1 aromatic rings. The van der Waals surface area contributed by atoms with E-state index in [1.165, 1.54) is 0 Å². The molecule has 6 heteroatoms. The van der Waals surface area contributed by atoms with Gasteiger partial charge in [-0.3, -0.25) is 0 Å². The normalized spacial score (nSPS) is 13.0. The summed E-state index contributed by atoms with van der Waals surface area (Å²) in [7, 11) is 0. The van der Waals surface area contributed by atoms with Crippen molar-refractivity contribution in [3.05, 3.63) is 41.5 Å². The fourth-order valence-corrected chi connectivity index (χ4v) is 1.18. The summed E-state index contributed by atoms with van der Waals surface area (Å²) in [4.78, 5) is 0. The molecular formula is C9H7ClF2N2O. The first kappa shape index (κ1) is 11.5. The molecule has 0 aromatic heterocycles. The summed E-state index contributed by atoms with van der Waals surface area (Å²) in [5.41, 5.74) is 5.11. The SMILES string of the molecule is NC(/C=C(/Cl)c1ccc(F)cc1F)=NO. The summed E-state index contributed by atoms with van der Waals surface area (Å²) in [6, 6.07) is 2.91. The second kappa shape index (κ2) is 4.75. The molecule has 0 amide bonds.